The molecule has 0 radical (unpaired) electrons. The molecular weight excluding hydrogens is 707 g/mol. The molecule has 8 rings (SSSR count). The first-order valence-corrected chi connectivity index (χ1v) is 16.4. The predicted molar refractivity (Wildman–Crippen MR) is 188 cm³/mol. The third-order valence-corrected chi connectivity index (χ3v) is 10.2. The Balaban J connectivity index is 0.00000232. The van der Waals surface area contributed by atoms with E-state index in [9.17, 15) is 10.2 Å². The van der Waals surface area contributed by atoms with Gasteiger partial charge in [-0.3, -0.25) is 0 Å². The van der Waals surface area contributed by atoms with E-state index in [2.05, 4.69) is 33.7 Å². The van der Waals surface area contributed by atoms with Gasteiger partial charge in [-0.05, 0) is 58.3 Å². The van der Waals surface area contributed by atoms with Gasteiger partial charge in [-0.25, -0.2) is 0 Å². The molecule has 6 aromatic rings. The van der Waals surface area contributed by atoms with E-state index < -0.39 is 0 Å². The summed E-state index contributed by atoms with van der Waals surface area (Å²) in [5.74, 6) is 3.25. The molecular formula is C40H38Cl2N2O8. The minimum absolute atomic E-state index is 0. The average molecular weight is 746 g/mol. The van der Waals surface area contributed by atoms with Gasteiger partial charge in [0.05, 0.1) is 64.6 Å². The maximum Gasteiger partial charge on any atom is 0.213 e. The number of halogens is 2. The van der Waals surface area contributed by atoms with Crippen LogP contribution in [-0.4, -0.2) is 52.9 Å². The molecule has 12 heteroatoms. The molecule has 52 heavy (non-hydrogen) atoms. The Bertz CT molecular complexity index is 2230. The second-order valence-electron chi connectivity index (χ2n) is 12.5. The summed E-state index contributed by atoms with van der Waals surface area (Å²) in [5.41, 5.74) is 6.66. The fourth-order valence-electron chi connectivity index (χ4n) is 7.86. The lowest BCUT2D eigenvalue weighted by Crippen LogP contribution is -3.00. The molecule has 2 aliphatic heterocycles. The number of methoxy groups -OCH3 is 6. The molecule has 0 fully saturated rings. The third-order valence-electron chi connectivity index (χ3n) is 10.2. The van der Waals surface area contributed by atoms with E-state index in [-0.39, 0.29) is 36.3 Å². The van der Waals surface area contributed by atoms with Gasteiger partial charge in [-0.1, -0.05) is 0 Å². The molecule has 0 unspecified atom stereocenters. The van der Waals surface area contributed by atoms with Gasteiger partial charge in [0.1, 0.15) is 0 Å². The number of phenolic OH excluding ortho intramolecular Hbond substituents is 2. The maximum atomic E-state index is 11.9. The van der Waals surface area contributed by atoms with E-state index in [1.807, 2.05) is 36.4 Å². The van der Waals surface area contributed by atoms with Crippen molar-refractivity contribution in [1.82, 2.24) is 0 Å². The third kappa shape index (κ3) is 5.31. The van der Waals surface area contributed by atoms with E-state index in [0.717, 1.165) is 55.2 Å². The second kappa shape index (κ2) is 14.0. The van der Waals surface area contributed by atoms with E-state index in [1.165, 1.54) is 0 Å². The van der Waals surface area contributed by atoms with Crippen molar-refractivity contribution < 1.29 is 72.6 Å². The van der Waals surface area contributed by atoms with Gasteiger partial charge >= 0.3 is 0 Å². The quantitative estimate of drug-likeness (QED) is 0.223. The smallest absolute Gasteiger partial charge is 0.213 e. The number of aryl methyl sites for hydroxylation is 2. The number of aromatic hydroxyl groups is 2. The van der Waals surface area contributed by atoms with Crippen molar-refractivity contribution in [2.24, 2.45) is 0 Å². The molecule has 0 spiro atoms. The first-order valence-electron chi connectivity index (χ1n) is 16.4. The van der Waals surface area contributed by atoms with Crippen LogP contribution in [0.1, 0.15) is 11.1 Å². The molecule has 2 aromatic heterocycles. The Kier molecular flexibility index (Phi) is 9.83. The second-order valence-corrected chi connectivity index (χ2v) is 12.5. The SMILES string of the molecule is COc1cc2c(c(-c3c(O)c(OC)cc4c3CC[n+]3cc5c(OC)c(OC)ccc5cc3-4)c1O)CC[n+]1cc3c(OC)c(OC)ccc3cc1-2.[Cl-].[Cl-]. The van der Waals surface area contributed by atoms with Crippen molar-refractivity contribution in [3.8, 4) is 79.6 Å². The van der Waals surface area contributed by atoms with Crippen LogP contribution in [0.25, 0.3) is 55.2 Å². The standard InChI is InChI=1S/C40H36N2O8.2ClH/c1-45-31-9-7-21-15-29-25-17-33(47-3)37(43)35(23(25)11-13-41(29)19-27(21)39(31)49-5)36-24-12-14-42-20-28-22(8-10-32(46-2)40(28)50-6)16-30(42)26(24)18-34(48-4)38(36)44;;/h7-10,15-20H,11-14H2,1-6H3;2*1H. The average Bonchev–Trinajstić information content (AvgIpc) is 3.15. The van der Waals surface area contributed by atoms with Crippen molar-refractivity contribution in [2.45, 2.75) is 25.9 Å². The molecule has 2 N–H and O–H groups in total. The van der Waals surface area contributed by atoms with Crippen molar-refractivity contribution >= 4 is 21.5 Å². The molecule has 4 aromatic carbocycles. The largest absolute Gasteiger partial charge is 1.00 e. The van der Waals surface area contributed by atoms with Gasteiger partial charge in [0.15, 0.2) is 71.5 Å². The Morgan fingerprint density at radius 1 is 0.500 bits per heavy atom. The van der Waals surface area contributed by atoms with Crippen LogP contribution in [0.5, 0.6) is 46.0 Å². The van der Waals surface area contributed by atoms with Crippen LogP contribution in [0, 0.1) is 0 Å². The van der Waals surface area contributed by atoms with Crippen molar-refractivity contribution in [3.05, 3.63) is 72.1 Å². The Morgan fingerprint density at radius 3 is 1.23 bits per heavy atom. The summed E-state index contributed by atoms with van der Waals surface area (Å²) in [7, 11) is 9.64. The minimum Gasteiger partial charge on any atom is -1.00 e. The first kappa shape index (κ1) is 36.5. The van der Waals surface area contributed by atoms with Crippen LogP contribution in [0.4, 0.5) is 0 Å². The number of nitrogens with zero attached hydrogens (tertiary/aromatic N) is 2. The highest BCUT2D eigenvalue weighted by Crippen LogP contribution is 2.54. The Labute approximate surface area is 313 Å². The van der Waals surface area contributed by atoms with Crippen LogP contribution in [0.2, 0.25) is 0 Å². The molecule has 0 bridgehead atoms. The van der Waals surface area contributed by atoms with Gasteiger partial charge in [0.2, 0.25) is 11.4 Å². The Morgan fingerprint density at radius 2 is 0.885 bits per heavy atom. The summed E-state index contributed by atoms with van der Waals surface area (Å²) in [6.45, 7) is 1.28. The van der Waals surface area contributed by atoms with Crippen molar-refractivity contribution in [2.75, 3.05) is 42.7 Å². The van der Waals surface area contributed by atoms with Gasteiger partial charge in [-0.15, -0.1) is 0 Å². The molecule has 0 saturated heterocycles. The van der Waals surface area contributed by atoms with Gasteiger partial charge in [-0.2, -0.15) is 9.13 Å². The summed E-state index contributed by atoms with van der Waals surface area (Å²) < 4.78 is 38.6. The summed E-state index contributed by atoms with van der Waals surface area (Å²) in [6.07, 6.45) is 5.37. The number of hydrogen-bond donors (Lipinski definition) is 2. The molecule has 0 saturated carbocycles. The lowest BCUT2D eigenvalue weighted by atomic mass is 9.82. The van der Waals surface area contributed by atoms with Crippen molar-refractivity contribution in [3.63, 3.8) is 0 Å². The van der Waals surface area contributed by atoms with Crippen molar-refractivity contribution in [1.29, 1.82) is 0 Å². The number of phenols is 2. The topological polar surface area (TPSA) is 104 Å². The molecule has 0 atom stereocenters. The highest BCUT2D eigenvalue weighted by atomic mass is 35.5. The summed E-state index contributed by atoms with van der Waals surface area (Å²) in [5, 5.41) is 27.7. The monoisotopic (exact) mass is 744 g/mol. The first-order chi connectivity index (χ1) is 24.3. The summed E-state index contributed by atoms with van der Waals surface area (Å²) in [4.78, 5) is 0. The number of benzene rings is 4. The zero-order chi connectivity index (χ0) is 34.8. The molecule has 10 nitrogen and oxygen atoms in total. The fraction of sp³-hybridized carbons (Fsp3) is 0.250. The predicted octanol–water partition coefficient (Wildman–Crippen LogP) is 0.152. The molecule has 2 aliphatic rings. The zero-order valence-corrected chi connectivity index (χ0v) is 31.1. The zero-order valence-electron chi connectivity index (χ0n) is 29.6. The highest BCUT2D eigenvalue weighted by molar-refractivity contribution is 5.97. The lowest BCUT2D eigenvalue weighted by Gasteiger charge is -2.26. The van der Waals surface area contributed by atoms with E-state index in [4.69, 9.17) is 28.4 Å². The van der Waals surface area contributed by atoms with E-state index in [0.29, 0.717) is 71.6 Å². The van der Waals surface area contributed by atoms with E-state index in [1.54, 1.807) is 42.7 Å². The van der Waals surface area contributed by atoms with Gasteiger partial charge in [0.25, 0.3) is 0 Å². The number of hydrogen-bond acceptors (Lipinski definition) is 8. The molecule has 4 heterocycles. The van der Waals surface area contributed by atoms with Crippen LogP contribution in [0.3, 0.4) is 0 Å². The molecule has 0 amide bonds. The number of ether oxygens (including phenoxy) is 6. The van der Waals surface area contributed by atoms with Crippen LogP contribution in [0.15, 0.2) is 60.9 Å². The summed E-state index contributed by atoms with van der Waals surface area (Å²) >= 11 is 0. The minimum atomic E-state index is -0.0218. The normalized spacial score (nSPS) is 12.3. The highest BCUT2D eigenvalue weighted by Gasteiger charge is 2.36. The summed E-state index contributed by atoms with van der Waals surface area (Å²) in [6, 6.07) is 15.8. The molecule has 0 aliphatic carbocycles. The van der Waals surface area contributed by atoms with Crippen LogP contribution in [-0.2, 0) is 25.9 Å². The maximum absolute atomic E-state index is 11.9. The number of aromatic nitrogens is 2. The number of rotatable bonds is 7. The van der Waals surface area contributed by atoms with Gasteiger partial charge < -0.3 is 63.4 Å². The number of fused-ring (bicyclic) bond motifs is 8. The van der Waals surface area contributed by atoms with Crippen LogP contribution < -0.4 is 62.4 Å². The Hall–Kier alpha value is -5.32. The van der Waals surface area contributed by atoms with Crippen LogP contribution >= 0.6 is 0 Å². The van der Waals surface area contributed by atoms with Gasteiger partial charge in [0, 0.05) is 36.1 Å². The van der Waals surface area contributed by atoms with E-state index >= 15 is 0 Å². The number of pyridine rings is 2. The lowest BCUT2D eigenvalue weighted by molar-refractivity contribution is -0.686. The molecule has 270 valence electrons. The fourth-order valence-corrected chi connectivity index (χ4v) is 7.86.